The normalized spacial score (nSPS) is 25.9. The monoisotopic (exact) mass is 227 g/mol. The minimum Gasteiger partial charge on any atom is -0.336 e. The fraction of sp³-hybridized carbons (Fsp3) is 0.917. The molecule has 0 aromatic heterocycles. The molecule has 2 amide bonds. The number of hydrogen-bond acceptors (Lipinski definition) is 2. The molecule has 1 unspecified atom stereocenters. The summed E-state index contributed by atoms with van der Waals surface area (Å²) in [5.74, 6) is 0. The van der Waals surface area contributed by atoms with Gasteiger partial charge in [0.05, 0.1) is 5.54 Å². The van der Waals surface area contributed by atoms with Crippen molar-refractivity contribution in [3.63, 3.8) is 0 Å². The molecule has 1 rings (SSSR count). The number of likely N-dealkylation sites (N-methyl/N-ethyl adjacent to an activating group) is 1. The number of nitrogens with zero attached hydrogens (tertiary/aromatic N) is 1. The van der Waals surface area contributed by atoms with Crippen LogP contribution in [-0.4, -0.2) is 42.6 Å². The van der Waals surface area contributed by atoms with E-state index in [9.17, 15) is 4.79 Å². The van der Waals surface area contributed by atoms with Gasteiger partial charge >= 0.3 is 6.03 Å². The van der Waals surface area contributed by atoms with E-state index in [2.05, 4.69) is 17.6 Å². The third-order valence-electron chi connectivity index (χ3n) is 3.21. The maximum atomic E-state index is 12.1. The van der Waals surface area contributed by atoms with Crippen molar-refractivity contribution >= 4 is 6.03 Å². The van der Waals surface area contributed by atoms with Crippen molar-refractivity contribution in [1.29, 1.82) is 0 Å². The highest BCUT2D eigenvalue weighted by molar-refractivity contribution is 5.75. The Balaban J connectivity index is 2.69. The topological polar surface area (TPSA) is 44.4 Å². The molecule has 1 aliphatic heterocycles. The molecule has 1 fully saturated rings. The third kappa shape index (κ3) is 3.11. The maximum absolute atomic E-state index is 12.1. The summed E-state index contributed by atoms with van der Waals surface area (Å²) in [7, 11) is 1.94. The number of piperidine rings is 1. The number of hydrogen-bond donors (Lipinski definition) is 2. The summed E-state index contributed by atoms with van der Waals surface area (Å²) < 4.78 is 0. The number of rotatable bonds is 3. The summed E-state index contributed by atoms with van der Waals surface area (Å²) >= 11 is 0. The summed E-state index contributed by atoms with van der Waals surface area (Å²) in [5.41, 5.74) is -0.0357. The number of likely N-dealkylation sites (tertiary alicyclic amines) is 1. The molecular weight excluding hydrogens is 202 g/mol. The largest absolute Gasteiger partial charge is 0.336 e. The number of carbonyl (C=O) groups excluding carboxylic acids is 1. The van der Waals surface area contributed by atoms with Gasteiger partial charge in [0.15, 0.2) is 0 Å². The van der Waals surface area contributed by atoms with Crippen LogP contribution in [0.5, 0.6) is 0 Å². The molecular formula is C12H25N3O. The Morgan fingerprint density at radius 3 is 2.69 bits per heavy atom. The van der Waals surface area contributed by atoms with Gasteiger partial charge in [0.25, 0.3) is 0 Å². The second-order valence-corrected chi connectivity index (χ2v) is 5.24. The Hall–Kier alpha value is -0.770. The van der Waals surface area contributed by atoms with Crippen molar-refractivity contribution in [3.05, 3.63) is 0 Å². The Bertz CT molecular complexity index is 238. The van der Waals surface area contributed by atoms with Crippen LogP contribution in [0.25, 0.3) is 0 Å². The first-order valence-corrected chi connectivity index (χ1v) is 6.22. The van der Waals surface area contributed by atoms with Crippen molar-refractivity contribution < 1.29 is 4.79 Å². The summed E-state index contributed by atoms with van der Waals surface area (Å²) in [5, 5.41) is 6.18. The van der Waals surface area contributed by atoms with Gasteiger partial charge in [-0.05, 0) is 47.1 Å². The number of urea groups is 1. The van der Waals surface area contributed by atoms with Crippen molar-refractivity contribution in [2.45, 2.75) is 51.6 Å². The SMILES string of the molecule is CNCC1(C)CCCCN1C(=O)NC(C)C. The van der Waals surface area contributed by atoms with Crippen LogP contribution in [0.4, 0.5) is 4.79 Å². The van der Waals surface area contributed by atoms with Crippen LogP contribution in [0.15, 0.2) is 0 Å². The van der Waals surface area contributed by atoms with Crippen molar-refractivity contribution in [2.75, 3.05) is 20.1 Å². The molecule has 1 heterocycles. The molecule has 0 aromatic carbocycles. The molecule has 4 nitrogen and oxygen atoms in total. The minimum absolute atomic E-state index is 0.0357. The minimum atomic E-state index is -0.0357. The Morgan fingerprint density at radius 1 is 1.44 bits per heavy atom. The van der Waals surface area contributed by atoms with Gasteiger partial charge in [-0.3, -0.25) is 0 Å². The first-order valence-electron chi connectivity index (χ1n) is 6.22. The zero-order valence-electron chi connectivity index (χ0n) is 11.0. The van der Waals surface area contributed by atoms with E-state index < -0.39 is 0 Å². The van der Waals surface area contributed by atoms with Gasteiger partial charge in [-0.1, -0.05) is 0 Å². The predicted octanol–water partition coefficient (Wildman–Crippen LogP) is 1.57. The first kappa shape index (κ1) is 13.3. The summed E-state index contributed by atoms with van der Waals surface area (Å²) in [6, 6.07) is 0.278. The second-order valence-electron chi connectivity index (χ2n) is 5.24. The highest BCUT2D eigenvalue weighted by atomic mass is 16.2. The van der Waals surface area contributed by atoms with Crippen LogP contribution in [0, 0.1) is 0 Å². The van der Waals surface area contributed by atoms with E-state index in [1.807, 2.05) is 25.8 Å². The highest BCUT2D eigenvalue weighted by Crippen LogP contribution is 2.27. The predicted molar refractivity (Wildman–Crippen MR) is 66.6 cm³/mol. The molecule has 0 saturated carbocycles. The van der Waals surface area contributed by atoms with Gasteiger partial charge in [-0.2, -0.15) is 0 Å². The van der Waals surface area contributed by atoms with Gasteiger partial charge in [0, 0.05) is 19.1 Å². The second kappa shape index (κ2) is 5.53. The third-order valence-corrected chi connectivity index (χ3v) is 3.21. The molecule has 94 valence electrons. The average Bonchev–Trinajstić information content (AvgIpc) is 2.16. The molecule has 0 spiro atoms. The van der Waals surface area contributed by atoms with Crippen LogP contribution >= 0.6 is 0 Å². The van der Waals surface area contributed by atoms with E-state index in [1.165, 1.54) is 6.42 Å². The molecule has 0 radical (unpaired) electrons. The summed E-state index contributed by atoms with van der Waals surface area (Å²) in [6.45, 7) is 7.90. The number of carbonyl (C=O) groups is 1. The van der Waals surface area contributed by atoms with Crippen molar-refractivity contribution in [2.24, 2.45) is 0 Å². The lowest BCUT2D eigenvalue weighted by Gasteiger charge is -2.45. The van der Waals surface area contributed by atoms with E-state index in [0.29, 0.717) is 0 Å². The van der Waals surface area contributed by atoms with Gasteiger partial charge in [-0.25, -0.2) is 4.79 Å². The van der Waals surface area contributed by atoms with Crippen LogP contribution < -0.4 is 10.6 Å². The summed E-state index contributed by atoms with van der Waals surface area (Å²) in [6.07, 6.45) is 3.41. The molecule has 0 aromatic rings. The van der Waals surface area contributed by atoms with Crippen LogP contribution in [-0.2, 0) is 0 Å². The smallest absolute Gasteiger partial charge is 0.318 e. The molecule has 0 aliphatic carbocycles. The molecule has 1 saturated heterocycles. The van der Waals surface area contributed by atoms with Crippen molar-refractivity contribution in [3.8, 4) is 0 Å². The quantitative estimate of drug-likeness (QED) is 0.768. The lowest BCUT2D eigenvalue weighted by atomic mass is 9.88. The molecule has 0 bridgehead atoms. The molecule has 16 heavy (non-hydrogen) atoms. The highest BCUT2D eigenvalue weighted by Gasteiger charge is 2.36. The van der Waals surface area contributed by atoms with Crippen molar-refractivity contribution in [1.82, 2.24) is 15.5 Å². The lowest BCUT2D eigenvalue weighted by Crippen LogP contribution is -2.60. The Labute approximate surface area is 98.8 Å². The van der Waals surface area contributed by atoms with E-state index in [4.69, 9.17) is 0 Å². The van der Waals surface area contributed by atoms with E-state index >= 15 is 0 Å². The van der Waals surface area contributed by atoms with Gasteiger partial charge in [0.2, 0.25) is 0 Å². The molecule has 1 atom stereocenters. The number of amides is 2. The average molecular weight is 227 g/mol. The number of nitrogens with one attached hydrogen (secondary N) is 2. The van der Waals surface area contributed by atoms with Gasteiger partial charge in [0.1, 0.15) is 0 Å². The van der Waals surface area contributed by atoms with Gasteiger partial charge in [-0.15, -0.1) is 0 Å². The van der Waals surface area contributed by atoms with Crippen LogP contribution in [0.1, 0.15) is 40.0 Å². The van der Waals surface area contributed by atoms with Crippen LogP contribution in [0.2, 0.25) is 0 Å². The lowest BCUT2D eigenvalue weighted by molar-refractivity contribution is 0.0887. The molecule has 4 heteroatoms. The molecule has 2 N–H and O–H groups in total. The first-order chi connectivity index (χ1) is 7.49. The maximum Gasteiger partial charge on any atom is 0.318 e. The summed E-state index contributed by atoms with van der Waals surface area (Å²) in [4.78, 5) is 14.1. The van der Waals surface area contributed by atoms with E-state index in [0.717, 1.165) is 25.9 Å². The Kier molecular flexibility index (Phi) is 4.59. The fourth-order valence-corrected chi connectivity index (χ4v) is 2.42. The zero-order chi connectivity index (χ0) is 12.2. The van der Waals surface area contributed by atoms with Crippen LogP contribution in [0.3, 0.4) is 0 Å². The van der Waals surface area contributed by atoms with Gasteiger partial charge < -0.3 is 15.5 Å². The standard InChI is InChI=1S/C12H25N3O/c1-10(2)14-11(16)15-8-6-5-7-12(15,3)9-13-4/h10,13H,5-9H2,1-4H3,(H,14,16). The molecule has 1 aliphatic rings. The van der Waals surface area contributed by atoms with E-state index in [1.54, 1.807) is 0 Å². The fourth-order valence-electron chi connectivity index (χ4n) is 2.42. The Morgan fingerprint density at radius 2 is 2.12 bits per heavy atom. The zero-order valence-corrected chi connectivity index (χ0v) is 11.0. The van der Waals surface area contributed by atoms with E-state index in [-0.39, 0.29) is 17.6 Å².